The molecule has 30 heavy (non-hydrogen) atoms. The standard InChI is InChI=1S/C20H19Cl2N3O3S2/c1-12-15(22)3-2-4-16(12)23-19(26)9-29-20-24-17-10-30(27,28)11-18(17)25(20)14-7-5-13(21)6-8-14/h2-8,17-18H,9-11H2,1H3,(H,23,26)/t17-,18+/m0/s1. The SMILES string of the molecule is Cc1c(Cl)cccc1NC(=O)CSC1=N[C@H]2CS(=O)(=O)C[C@H]2N1c1ccc(Cl)cc1. The number of thioether (sulfide) groups is 1. The third-order valence-corrected chi connectivity index (χ3v) is 8.41. The number of amides is 1. The second kappa shape index (κ2) is 8.42. The third-order valence-electron chi connectivity index (χ3n) is 5.09. The molecule has 6 nitrogen and oxygen atoms in total. The normalized spacial score (nSPS) is 22.0. The van der Waals surface area contributed by atoms with Crippen molar-refractivity contribution in [3.63, 3.8) is 0 Å². The second-order valence-corrected chi connectivity index (χ2v) is 11.2. The Morgan fingerprint density at radius 1 is 1.20 bits per heavy atom. The Hall–Kier alpha value is -1.74. The molecule has 2 aromatic carbocycles. The van der Waals surface area contributed by atoms with Gasteiger partial charge in [-0.15, -0.1) is 0 Å². The lowest BCUT2D eigenvalue weighted by Crippen LogP contribution is -2.39. The molecule has 2 atom stereocenters. The Morgan fingerprint density at radius 2 is 1.93 bits per heavy atom. The monoisotopic (exact) mass is 483 g/mol. The lowest BCUT2D eigenvalue weighted by atomic mass is 10.1. The highest BCUT2D eigenvalue weighted by atomic mass is 35.5. The van der Waals surface area contributed by atoms with Crippen molar-refractivity contribution in [1.82, 2.24) is 0 Å². The summed E-state index contributed by atoms with van der Waals surface area (Å²) in [4.78, 5) is 19.0. The van der Waals surface area contributed by atoms with E-state index in [0.717, 1.165) is 11.3 Å². The first-order valence-electron chi connectivity index (χ1n) is 9.24. The Bertz CT molecular complexity index is 1120. The summed E-state index contributed by atoms with van der Waals surface area (Å²) in [6.07, 6.45) is 0. The average molecular weight is 484 g/mol. The smallest absolute Gasteiger partial charge is 0.234 e. The van der Waals surface area contributed by atoms with Crippen molar-refractivity contribution in [3.05, 3.63) is 58.1 Å². The molecule has 0 spiro atoms. The lowest BCUT2D eigenvalue weighted by Gasteiger charge is -2.26. The summed E-state index contributed by atoms with van der Waals surface area (Å²) in [7, 11) is -3.13. The number of amidine groups is 1. The van der Waals surface area contributed by atoms with E-state index in [1.165, 1.54) is 11.8 Å². The molecule has 0 saturated carbocycles. The number of carbonyl (C=O) groups excluding carboxylic acids is 1. The van der Waals surface area contributed by atoms with Crippen LogP contribution in [0.2, 0.25) is 10.0 Å². The molecule has 2 aromatic rings. The summed E-state index contributed by atoms with van der Waals surface area (Å²) < 4.78 is 24.2. The van der Waals surface area contributed by atoms with Crippen LogP contribution in [-0.4, -0.2) is 48.8 Å². The van der Waals surface area contributed by atoms with E-state index in [1.54, 1.807) is 30.3 Å². The van der Waals surface area contributed by atoms with Crippen LogP contribution in [0.1, 0.15) is 5.56 Å². The van der Waals surface area contributed by atoms with Gasteiger partial charge in [0.15, 0.2) is 15.0 Å². The molecule has 2 heterocycles. The van der Waals surface area contributed by atoms with Crippen molar-refractivity contribution < 1.29 is 13.2 Å². The van der Waals surface area contributed by atoms with Crippen molar-refractivity contribution in [2.24, 2.45) is 4.99 Å². The second-order valence-electron chi connectivity index (χ2n) is 7.22. The molecule has 2 aliphatic rings. The maximum Gasteiger partial charge on any atom is 0.234 e. The van der Waals surface area contributed by atoms with E-state index < -0.39 is 9.84 Å². The maximum atomic E-state index is 12.5. The van der Waals surface area contributed by atoms with Gasteiger partial charge in [0.1, 0.15) is 0 Å². The van der Waals surface area contributed by atoms with Crippen molar-refractivity contribution in [2.45, 2.75) is 19.0 Å². The largest absolute Gasteiger partial charge is 0.325 e. The summed E-state index contributed by atoms with van der Waals surface area (Å²) in [5.41, 5.74) is 2.28. The van der Waals surface area contributed by atoms with Gasteiger partial charge in [-0.25, -0.2) is 8.42 Å². The quantitative estimate of drug-likeness (QED) is 0.710. The van der Waals surface area contributed by atoms with E-state index in [1.807, 2.05) is 24.0 Å². The number of halogens is 2. The predicted molar refractivity (Wildman–Crippen MR) is 125 cm³/mol. The van der Waals surface area contributed by atoms with Gasteiger partial charge in [-0.2, -0.15) is 0 Å². The van der Waals surface area contributed by atoms with Gasteiger partial charge in [0, 0.05) is 21.4 Å². The Morgan fingerprint density at radius 3 is 2.67 bits per heavy atom. The number of sulfone groups is 1. The van der Waals surface area contributed by atoms with Crippen LogP contribution < -0.4 is 10.2 Å². The van der Waals surface area contributed by atoms with Crippen LogP contribution in [-0.2, 0) is 14.6 Å². The molecule has 10 heteroatoms. The first-order chi connectivity index (χ1) is 14.2. The van der Waals surface area contributed by atoms with Crippen LogP contribution in [0.3, 0.4) is 0 Å². The van der Waals surface area contributed by atoms with E-state index in [9.17, 15) is 13.2 Å². The summed E-state index contributed by atoms with van der Waals surface area (Å²) in [5.74, 6) is 0.0246. The summed E-state index contributed by atoms with van der Waals surface area (Å²) in [5, 5.41) is 4.69. The zero-order valence-corrected chi connectivity index (χ0v) is 19.2. The minimum atomic E-state index is -3.13. The van der Waals surface area contributed by atoms with Gasteiger partial charge in [-0.1, -0.05) is 41.0 Å². The van der Waals surface area contributed by atoms with Crippen molar-refractivity contribution in [2.75, 3.05) is 27.5 Å². The average Bonchev–Trinajstić information content (AvgIpc) is 3.16. The van der Waals surface area contributed by atoms with Gasteiger partial charge in [-0.3, -0.25) is 9.79 Å². The molecule has 158 valence electrons. The highest BCUT2D eigenvalue weighted by molar-refractivity contribution is 8.14. The molecule has 0 aromatic heterocycles. The molecular weight excluding hydrogens is 465 g/mol. The first-order valence-corrected chi connectivity index (χ1v) is 12.8. The fourth-order valence-electron chi connectivity index (χ4n) is 3.60. The summed E-state index contributed by atoms with van der Waals surface area (Å²) >= 11 is 13.4. The number of fused-ring (bicyclic) bond motifs is 1. The lowest BCUT2D eigenvalue weighted by molar-refractivity contribution is -0.113. The molecule has 0 bridgehead atoms. The number of nitrogens with zero attached hydrogens (tertiary/aromatic N) is 2. The van der Waals surface area contributed by atoms with E-state index in [-0.39, 0.29) is 35.2 Å². The van der Waals surface area contributed by atoms with E-state index in [2.05, 4.69) is 10.3 Å². The van der Waals surface area contributed by atoms with Crippen LogP contribution in [0.4, 0.5) is 11.4 Å². The molecule has 4 rings (SSSR count). The molecule has 0 unspecified atom stereocenters. The fraction of sp³-hybridized carbons (Fsp3) is 0.300. The highest BCUT2D eigenvalue weighted by Crippen LogP contribution is 2.35. The van der Waals surface area contributed by atoms with Gasteiger partial charge in [0.2, 0.25) is 5.91 Å². The zero-order chi connectivity index (χ0) is 21.5. The minimum Gasteiger partial charge on any atom is -0.325 e. The number of aliphatic imine (C=N–C) groups is 1. The molecular formula is C20H19Cl2N3O3S2. The molecule has 2 aliphatic heterocycles. The number of nitrogens with one attached hydrogen (secondary N) is 1. The number of rotatable bonds is 4. The van der Waals surface area contributed by atoms with Crippen LogP contribution in [0.5, 0.6) is 0 Å². The van der Waals surface area contributed by atoms with E-state index in [4.69, 9.17) is 23.2 Å². The topological polar surface area (TPSA) is 78.8 Å². The first kappa shape index (κ1) is 21.5. The number of anilines is 2. The Labute approximate surface area is 189 Å². The van der Waals surface area contributed by atoms with Crippen molar-refractivity contribution in [1.29, 1.82) is 0 Å². The number of benzene rings is 2. The molecule has 0 radical (unpaired) electrons. The Kier molecular flexibility index (Phi) is 6.03. The van der Waals surface area contributed by atoms with E-state index in [0.29, 0.717) is 20.9 Å². The van der Waals surface area contributed by atoms with Crippen LogP contribution in [0.15, 0.2) is 47.5 Å². The molecule has 1 amide bonds. The number of hydrogen-bond acceptors (Lipinski definition) is 6. The highest BCUT2D eigenvalue weighted by Gasteiger charge is 2.47. The molecule has 1 fully saturated rings. The van der Waals surface area contributed by atoms with Crippen molar-refractivity contribution >= 4 is 67.3 Å². The van der Waals surface area contributed by atoms with Crippen molar-refractivity contribution in [3.8, 4) is 0 Å². The van der Waals surface area contributed by atoms with Crippen LogP contribution in [0, 0.1) is 6.92 Å². The van der Waals surface area contributed by atoms with Gasteiger partial charge >= 0.3 is 0 Å². The fourth-order valence-corrected chi connectivity index (χ4v) is 6.66. The van der Waals surface area contributed by atoms with Gasteiger partial charge in [-0.05, 0) is 48.9 Å². The molecule has 1 saturated heterocycles. The summed E-state index contributed by atoms with van der Waals surface area (Å²) in [6, 6.07) is 11.9. The number of hydrogen-bond donors (Lipinski definition) is 1. The maximum absolute atomic E-state index is 12.5. The van der Waals surface area contributed by atoms with Gasteiger partial charge in [0.25, 0.3) is 0 Å². The zero-order valence-electron chi connectivity index (χ0n) is 16.0. The minimum absolute atomic E-state index is 0.0275. The molecule has 0 aliphatic carbocycles. The molecule has 1 N–H and O–H groups in total. The van der Waals surface area contributed by atoms with Crippen LogP contribution in [0.25, 0.3) is 0 Å². The van der Waals surface area contributed by atoms with E-state index >= 15 is 0 Å². The number of carbonyl (C=O) groups is 1. The predicted octanol–water partition coefficient (Wildman–Crippen LogP) is 4.02. The van der Waals surface area contributed by atoms with Gasteiger partial charge < -0.3 is 10.2 Å². The van der Waals surface area contributed by atoms with Crippen LogP contribution >= 0.6 is 35.0 Å². The summed E-state index contributed by atoms with van der Waals surface area (Å²) in [6.45, 7) is 1.84. The Balaban J connectivity index is 1.51. The third kappa shape index (κ3) is 4.46. The van der Waals surface area contributed by atoms with Gasteiger partial charge in [0.05, 0.1) is 29.3 Å².